The van der Waals surface area contributed by atoms with Gasteiger partial charge in [-0.2, -0.15) is 0 Å². The van der Waals surface area contributed by atoms with Crippen molar-refractivity contribution >= 4 is 11.9 Å². The molecular weight excluding hydrogens is 328 g/mol. The highest BCUT2D eigenvalue weighted by molar-refractivity contribution is 5.93. The van der Waals surface area contributed by atoms with Crippen LogP contribution in [0.4, 0.5) is 0 Å². The first-order valence-corrected chi connectivity index (χ1v) is 8.51. The molecule has 0 fully saturated rings. The van der Waals surface area contributed by atoms with Crippen molar-refractivity contribution in [2.24, 2.45) is 5.92 Å². The molecule has 4 nitrogen and oxygen atoms in total. The first-order chi connectivity index (χ1) is 12.5. The molecule has 3 rings (SSSR count). The van der Waals surface area contributed by atoms with Gasteiger partial charge in [0.25, 0.3) is 0 Å². The van der Waals surface area contributed by atoms with Crippen molar-refractivity contribution in [1.29, 1.82) is 0 Å². The number of benzene rings is 2. The summed E-state index contributed by atoms with van der Waals surface area (Å²) in [4.78, 5) is 24.2. The lowest BCUT2D eigenvalue weighted by atomic mass is 9.99. The van der Waals surface area contributed by atoms with Crippen molar-refractivity contribution < 1.29 is 19.1 Å². The number of esters is 2. The predicted octanol–water partition coefficient (Wildman–Crippen LogP) is 4.64. The van der Waals surface area contributed by atoms with Gasteiger partial charge in [0.05, 0.1) is 11.1 Å². The number of ether oxygens (including phenoxy) is 2. The molecule has 2 aromatic carbocycles. The van der Waals surface area contributed by atoms with Crippen molar-refractivity contribution in [3.63, 3.8) is 0 Å². The largest absolute Gasteiger partial charge is 0.423 e. The molecule has 0 aromatic heterocycles. The van der Waals surface area contributed by atoms with Gasteiger partial charge in [-0.15, -0.1) is 0 Å². The second kappa shape index (κ2) is 7.83. The first kappa shape index (κ1) is 17.7. The minimum Gasteiger partial charge on any atom is -0.423 e. The fourth-order valence-corrected chi connectivity index (χ4v) is 2.48. The minimum absolute atomic E-state index is 0.390. The van der Waals surface area contributed by atoms with Crippen molar-refractivity contribution in [3.05, 3.63) is 83.5 Å². The van der Waals surface area contributed by atoms with Gasteiger partial charge in [-0.1, -0.05) is 42.8 Å². The van der Waals surface area contributed by atoms with Crippen molar-refractivity contribution in [2.45, 2.75) is 20.3 Å². The van der Waals surface area contributed by atoms with E-state index in [2.05, 4.69) is 6.92 Å². The third-order valence-electron chi connectivity index (χ3n) is 4.08. The molecular formula is C22H20O4. The zero-order chi connectivity index (χ0) is 18.5. The average Bonchev–Trinajstić information content (AvgIpc) is 2.64. The van der Waals surface area contributed by atoms with E-state index in [1.807, 2.05) is 31.2 Å². The average molecular weight is 348 g/mol. The Morgan fingerprint density at radius 2 is 1.46 bits per heavy atom. The number of carbonyl (C=O) groups is 2. The summed E-state index contributed by atoms with van der Waals surface area (Å²) in [6.45, 7) is 4.04. The first-order valence-electron chi connectivity index (χ1n) is 8.51. The van der Waals surface area contributed by atoms with Crippen LogP contribution >= 0.6 is 0 Å². The van der Waals surface area contributed by atoms with Crippen molar-refractivity contribution in [3.8, 4) is 11.5 Å². The molecule has 0 N–H and O–H groups in total. The Morgan fingerprint density at radius 3 is 2.00 bits per heavy atom. The maximum atomic E-state index is 12.1. The molecule has 0 aliphatic heterocycles. The van der Waals surface area contributed by atoms with E-state index in [0.29, 0.717) is 28.6 Å². The third kappa shape index (κ3) is 4.48. The van der Waals surface area contributed by atoms with E-state index in [9.17, 15) is 9.59 Å². The van der Waals surface area contributed by atoms with E-state index in [1.54, 1.807) is 42.5 Å². The molecule has 0 radical (unpaired) electrons. The monoisotopic (exact) mass is 348 g/mol. The standard InChI is InChI=1S/C22H20O4/c1-15-3-7-17(8-4-15)21(23)25-19-11-13-20(14-12-19)26-22(24)18-9-5-16(2)6-10-18/h3-5,7-14,16H,6H2,1-2H3. The van der Waals surface area contributed by atoms with Gasteiger partial charge < -0.3 is 9.47 Å². The molecule has 1 unspecified atom stereocenters. The summed E-state index contributed by atoms with van der Waals surface area (Å²) in [5.41, 5.74) is 2.11. The number of hydrogen-bond acceptors (Lipinski definition) is 4. The highest BCUT2D eigenvalue weighted by Crippen LogP contribution is 2.21. The number of allylic oxidation sites excluding steroid dienone is 2. The Bertz CT molecular complexity index is 858. The van der Waals surface area contributed by atoms with Gasteiger partial charge in [-0.3, -0.25) is 0 Å². The van der Waals surface area contributed by atoms with Crippen LogP contribution < -0.4 is 9.47 Å². The second-order valence-corrected chi connectivity index (χ2v) is 6.35. The fourth-order valence-electron chi connectivity index (χ4n) is 2.48. The molecule has 0 heterocycles. The summed E-state index contributed by atoms with van der Waals surface area (Å²) in [5, 5.41) is 0. The van der Waals surface area contributed by atoms with Crippen LogP contribution in [0.1, 0.15) is 29.3 Å². The molecule has 1 aliphatic carbocycles. The highest BCUT2D eigenvalue weighted by atomic mass is 16.5. The summed E-state index contributed by atoms with van der Waals surface area (Å²) in [6, 6.07) is 13.6. The molecule has 0 bridgehead atoms. The molecule has 0 saturated carbocycles. The van der Waals surface area contributed by atoms with Crippen LogP contribution in [0.15, 0.2) is 72.3 Å². The Kier molecular flexibility index (Phi) is 5.32. The third-order valence-corrected chi connectivity index (χ3v) is 4.08. The summed E-state index contributed by atoms with van der Waals surface area (Å²) >= 11 is 0. The topological polar surface area (TPSA) is 52.6 Å². The van der Waals surface area contributed by atoms with Crippen LogP contribution in [0.5, 0.6) is 11.5 Å². The van der Waals surface area contributed by atoms with E-state index in [0.717, 1.165) is 12.0 Å². The lowest BCUT2D eigenvalue weighted by molar-refractivity contribution is -0.129. The highest BCUT2D eigenvalue weighted by Gasteiger charge is 2.14. The SMILES string of the molecule is Cc1ccc(C(=O)Oc2ccc(OC(=O)C3=CCC(C)C=C3)cc2)cc1. The second-order valence-electron chi connectivity index (χ2n) is 6.35. The lowest BCUT2D eigenvalue weighted by Crippen LogP contribution is -2.12. The molecule has 2 aromatic rings. The lowest BCUT2D eigenvalue weighted by Gasteiger charge is -2.11. The Labute approximate surface area is 152 Å². The van der Waals surface area contributed by atoms with Gasteiger partial charge in [0, 0.05) is 0 Å². The quantitative estimate of drug-likeness (QED) is 0.596. The maximum absolute atomic E-state index is 12.1. The van der Waals surface area contributed by atoms with Crippen LogP contribution in [-0.2, 0) is 4.79 Å². The van der Waals surface area contributed by atoms with E-state index in [4.69, 9.17) is 9.47 Å². The smallest absolute Gasteiger partial charge is 0.343 e. The minimum atomic E-state index is -0.429. The molecule has 1 aliphatic rings. The van der Waals surface area contributed by atoms with Gasteiger partial charge in [0.2, 0.25) is 0 Å². The van der Waals surface area contributed by atoms with Crippen LogP contribution in [0.2, 0.25) is 0 Å². The van der Waals surface area contributed by atoms with Gasteiger partial charge >= 0.3 is 11.9 Å². The summed E-state index contributed by atoms with van der Waals surface area (Å²) in [6.07, 6.45) is 6.48. The number of hydrogen-bond donors (Lipinski definition) is 0. The number of rotatable bonds is 4. The summed E-state index contributed by atoms with van der Waals surface area (Å²) in [7, 11) is 0. The zero-order valence-electron chi connectivity index (χ0n) is 14.8. The van der Waals surface area contributed by atoms with Gasteiger partial charge in [-0.05, 0) is 55.7 Å². The Morgan fingerprint density at radius 1 is 0.885 bits per heavy atom. The summed E-state index contributed by atoms with van der Waals surface area (Å²) < 4.78 is 10.7. The predicted molar refractivity (Wildman–Crippen MR) is 99.2 cm³/mol. The Hall–Kier alpha value is -3.14. The zero-order valence-corrected chi connectivity index (χ0v) is 14.8. The maximum Gasteiger partial charge on any atom is 0.343 e. The molecule has 0 spiro atoms. The normalized spacial score (nSPS) is 15.9. The van der Waals surface area contributed by atoms with Gasteiger partial charge in [0.15, 0.2) is 0 Å². The Balaban J connectivity index is 1.60. The van der Waals surface area contributed by atoms with E-state index in [-0.39, 0.29) is 0 Å². The van der Waals surface area contributed by atoms with Gasteiger partial charge in [0.1, 0.15) is 11.5 Å². The number of aryl methyl sites for hydroxylation is 1. The van der Waals surface area contributed by atoms with Gasteiger partial charge in [-0.25, -0.2) is 9.59 Å². The van der Waals surface area contributed by atoms with Crippen molar-refractivity contribution in [1.82, 2.24) is 0 Å². The number of carbonyl (C=O) groups excluding carboxylic acids is 2. The fraction of sp³-hybridized carbons (Fsp3) is 0.182. The molecule has 0 saturated heterocycles. The van der Waals surface area contributed by atoms with Crippen molar-refractivity contribution in [2.75, 3.05) is 0 Å². The molecule has 26 heavy (non-hydrogen) atoms. The van der Waals surface area contributed by atoms with E-state index < -0.39 is 11.9 Å². The van der Waals surface area contributed by atoms with Crippen LogP contribution in [0, 0.1) is 12.8 Å². The molecule has 1 atom stereocenters. The van der Waals surface area contributed by atoms with Crippen LogP contribution in [0.25, 0.3) is 0 Å². The molecule has 132 valence electrons. The molecule has 4 heteroatoms. The van der Waals surface area contributed by atoms with E-state index >= 15 is 0 Å². The van der Waals surface area contributed by atoms with E-state index in [1.165, 1.54) is 0 Å². The van der Waals surface area contributed by atoms with Crippen LogP contribution in [-0.4, -0.2) is 11.9 Å². The van der Waals surface area contributed by atoms with Crippen LogP contribution in [0.3, 0.4) is 0 Å². The summed E-state index contributed by atoms with van der Waals surface area (Å²) in [5.74, 6) is 0.409. The molecule has 0 amide bonds.